The van der Waals surface area contributed by atoms with Gasteiger partial charge < -0.3 is 9.80 Å². The van der Waals surface area contributed by atoms with Gasteiger partial charge in [0.1, 0.15) is 0 Å². The summed E-state index contributed by atoms with van der Waals surface area (Å²) < 4.78 is 0. The topological polar surface area (TPSA) is 20.6 Å². The Morgan fingerprint density at radius 2 is 0.653 bits per heavy atom. The Bertz CT molecular complexity index is 1780. The van der Waals surface area contributed by atoms with E-state index in [4.69, 9.17) is 51.7 Å². The van der Waals surface area contributed by atoms with Crippen LogP contribution in [0.2, 0.25) is 20.1 Å². The smallest absolute Gasteiger partial charge is 0.0641 e. The summed E-state index contributed by atoms with van der Waals surface area (Å²) in [5, 5.41) is 8.03. The van der Waals surface area contributed by atoms with Gasteiger partial charge in [0.05, 0.1) is 11.4 Å². The lowest BCUT2D eigenvalue weighted by atomic mass is 9.83. The molecular weight excluding hydrogens is 688 g/mol. The number of halogens is 4. The van der Waals surface area contributed by atoms with Gasteiger partial charge in [0.2, 0.25) is 0 Å². The van der Waals surface area contributed by atoms with Crippen LogP contribution < -0.4 is 15.1 Å². The van der Waals surface area contributed by atoms with Gasteiger partial charge >= 0.3 is 0 Å². The molecule has 0 aliphatic rings. The number of hydrogen-bond donors (Lipinski definition) is 0. The van der Waals surface area contributed by atoms with Crippen LogP contribution >= 0.6 is 46.4 Å². The molecule has 0 saturated carbocycles. The molecule has 0 amide bonds. The Hall–Kier alpha value is -4.12. The Morgan fingerprint density at radius 3 is 0.898 bits per heavy atom. The summed E-state index contributed by atoms with van der Waals surface area (Å²) in [7, 11) is 8.26. The summed E-state index contributed by atoms with van der Waals surface area (Å²) in [6, 6.07) is 45.1. The highest BCUT2D eigenvalue weighted by Gasteiger charge is 2.24. The van der Waals surface area contributed by atoms with E-state index in [1.54, 1.807) is 0 Å². The van der Waals surface area contributed by atoms with Crippen LogP contribution in [0.25, 0.3) is 0 Å². The molecule has 7 heteroatoms. The van der Waals surface area contributed by atoms with Crippen LogP contribution in [-0.2, 0) is 0 Å². The molecule has 1 radical (unpaired) electrons. The van der Waals surface area contributed by atoms with Gasteiger partial charge in [-0.25, -0.2) is 5.32 Å². The van der Waals surface area contributed by atoms with Gasteiger partial charge in [-0.1, -0.05) is 94.9 Å². The molecule has 49 heavy (non-hydrogen) atoms. The molecule has 0 atom stereocenters. The first-order valence-corrected chi connectivity index (χ1v) is 17.4. The summed E-state index contributed by atoms with van der Waals surface area (Å²) >= 11 is 25.3. The van der Waals surface area contributed by atoms with Gasteiger partial charge in [0.15, 0.2) is 0 Å². The van der Waals surface area contributed by atoms with E-state index in [0.717, 1.165) is 56.1 Å². The van der Waals surface area contributed by atoms with E-state index in [1.807, 2.05) is 48.5 Å². The average molecular weight is 725 g/mol. The number of benzene rings is 6. The van der Waals surface area contributed by atoms with Crippen LogP contribution in [0.15, 0.2) is 133 Å². The van der Waals surface area contributed by atoms with E-state index < -0.39 is 0 Å². The monoisotopic (exact) mass is 722 g/mol. The van der Waals surface area contributed by atoms with Crippen LogP contribution in [0, 0.1) is 0 Å². The van der Waals surface area contributed by atoms with Crippen LogP contribution in [0.5, 0.6) is 0 Å². The fourth-order valence-electron chi connectivity index (χ4n) is 6.37. The quantitative estimate of drug-likeness (QED) is 0.131. The molecule has 247 valence electrons. The van der Waals surface area contributed by atoms with Crippen LogP contribution in [0.1, 0.15) is 45.2 Å². The molecule has 0 unspecified atom stereocenters. The summed E-state index contributed by atoms with van der Waals surface area (Å²) in [5.41, 5.74) is 10.7. The number of rotatable bonds is 10. The SMILES string of the molecule is CN(C)c1ccc([N]c2ccc(N(C)C)c(C(c3ccc(Cl)cc3)c3ccc(Cl)cc3)c2)cc1C(c1ccc(Cl)cc1)c1ccc(Cl)cc1. The third-order valence-corrected chi connectivity index (χ3v) is 9.69. The first-order chi connectivity index (χ1) is 23.6. The molecule has 0 aromatic heterocycles. The van der Waals surface area contributed by atoms with Crippen molar-refractivity contribution in [3.63, 3.8) is 0 Å². The zero-order valence-electron chi connectivity index (χ0n) is 27.7. The van der Waals surface area contributed by atoms with Gasteiger partial charge in [-0.05, 0) is 118 Å². The summed E-state index contributed by atoms with van der Waals surface area (Å²) in [6.45, 7) is 0. The minimum absolute atomic E-state index is 0.0760. The van der Waals surface area contributed by atoms with Crippen molar-refractivity contribution in [1.29, 1.82) is 0 Å². The normalized spacial score (nSPS) is 11.2. The van der Waals surface area contributed by atoms with Crippen molar-refractivity contribution in [2.45, 2.75) is 11.8 Å². The maximum Gasteiger partial charge on any atom is 0.0641 e. The number of nitrogens with zero attached hydrogens (tertiary/aromatic N) is 3. The van der Waals surface area contributed by atoms with Gasteiger partial charge in [0.25, 0.3) is 0 Å². The van der Waals surface area contributed by atoms with Crippen molar-refractivity contribution in [3.8, 4) is 0 Å². The van der Waals surface area contributed by atoms with E-state index >= 15 is 0 Å². The summed E-state index contributed by atoms with van der Waals surface area (Å²) in [6.07, 6.45) is 0. The molecule has 0 bridgehead atoms. The summed E-state index contributed by atoms with van der Waals surface area (Å²) in [4.78, 5) is 4.29. The maximum atomic E-state index is 6.33. The lowest BCUT2D eigenvalue weighted by Gasteiger charge is -2.27. The van der Waals surface area contributed by atoms with Crippen molar-refractivity contribution < 1.29 is 0 Å². The molecule has 0 N–H and O–H groups in total. The first kappa shape index (κ1) is 34.7. The molecular formula is C42H36Cl4N3. The molecule has 0 fully saturated rings. The molecule has 0 heterocycles. The third-order valence-electron chi connectivity index (χ3n) is 8.68. The van der Waals surface area contributed by atoms with Crippen LogP contribution in [0.3, 0.4) is 0 Å². The lowest BCUT2D eigenvalue weighted by molar-refractivity contribution is 0.949. The molecule has 3 nitrogen and oxygen atoms in total. The fourth-order valence-corrected chi connectivity index (χ4v) is 6.88. The Balaban J connectivity index is 1.46. The Kier molecular flexibility index (Phi) is 10.8. The van der Waals surface area contributed by atoms with Crippen molar-refractivity contribution in [2.24, 2.45) is 0 Å². The molecule has 0 saturated heterocycles. The standard InChI is InChI=1S/C42H36Cl4N3/c1-48(2)39-23-21-35(25-37(39)41(27-5-13-31(43)14-6-27)28-7-15-32(44)16-8-28)47-36-22-24-40(49(3)4)38(26-36)42(29-9-17-33(45)18-10-29)30-11-19-34(46)20-12-30/h5-26,41-42H,1-4H3. The second-order valence-corrected chi connectivity index (χ2v) is 14.2. The van der Waals surface area contributed by atoms with E-state index in [1.165, 1.54) is 0 Å². The Labute approximate surface area is 309 Å². The molecule has 6 rings (SSSR count). The molecule has 0 aliphatic carbocycles. The van der Waals surface area contributed by atoms with Gasteiger partial charge in [0, 0.05) is 71.5 Å². The van der Waals surface area contributed by atoms with Gasteiger partial charge in [-0.15, -0.1) is 0 Å². The van der Waals surface area contributed by atoms with E-state index in [0.29, 0.717) is 20.1 Å². The van der Waals surface area contributed by atoms with Crippen molar-refractivity contribution in [3.05, 3.63) is 187 Å². The minimum Gasteiger partial charge on any atom is -0.377 e. The summed E-state index contributed by atoms with van der Waals surface area (Å²) in [5.74, 6) is -0.152. The zero-order valence-corrected chi connectivity index (χ0v) is 30.7. The molecule has 0 spiro atoms. The number of anilines is 2. The van der Waals surface area contributed by atoms with Crippen LogP contribution in [-0.4, -0.2) is 28.2 Å². The second kappa shape index (κ2) is 15.2. The molecule has 6 aromatic carbocycles. The zero-order chi connectivity index (χ0) is 34.7. The Morgan fingerprint density at radius 1 is 0.388 bits per heavy atom. The molecule has 0 aliphatic heterocycles. The van der Waals surface area contributed by atoms with Crippen LogP contribution in [0.4, 0.5) is 22.7 Å². The average Bonchev–Trinajstić information content (AvgIpc) is 3.08. The van der Waals surface area contributed by atoms with Gasteiger partial charge in [-0.2, -0.15) is 0 Å². The second-order valence-electron chi connectivity index (χ2n) is 12.5. The minimum atomic E-state index is -0.0760. The van der Waals surface area contributed by atoms with Gasteiger partial charge in [-0.3, -0.25) is 0 Å². The van der Waals surface area contributed by atoms with Crippen molar-refractivity contribution in [2.75, 3.05) is 38.0 Å². The number of hydrogen-bond acceptors (Lipinski definition) is 2. The lowest BCUT2D eigenvalue weighted by Crippen LogP contribution is -2.15. The highest BCUT2D eigenvalue weighted by atomic mass is 35.5. The van der Waals surface area contributed by atoms with Crippen molar-refractivity contribution >= 4 is 69.2 Å². The van der Waals surface area contributed by atoms with Crippen molar-refractivity contribution in [1.82, 2.24) is 5.32 Å². The maximum absolute atomic E-state index is 6.33. The van der Waals surface area contributed by atoms with E-state index in [-0.39, 0.29) is 11.8 Å². The molecule has 6 aromatic rings. The third kappa shape index (κ3) is 8.03. The van der Waals surface area contributed by atoms with E-state index in [2.05, 4.69) is 123 Å². The predicted molar refractivity (Wildman–Crippen MR) is 211 cm³/mol. The highest BCUT2D eigenvalue weighted by Crippen LogP contribution is 2.42. The predicted octanol–water partition coefficient (Wildman–Crippen LogP) is 12.4. The van der Waals surface area contributed by atoms with E-state index in [9.17, 15) is 0 Å². The fraction of sp³-hybridized carbons (Fsp3) is 0.143. The first-order valence-electron chi connectivity index (χ1n) is 15.9. The highest BCUT2D eigenvalue weighted by molar-refractivity contribution is 6.31. The largest absolute Gasteiger partial charge is 0.377 e.